The maximum Gasteiger partial charge on any atom is 0.187 e. The minimum absolute atomic E-state index is 0.242. The Balaban J connectivity index is 1.63. The monoisotopic (exact) mass is 433 g/mol. The molecule has 10 atom stereocenters. The van der Waals surface area contributed by atoms with Crippen LogP contribution in [0.25, 0.3) is 0 Å². The summed E-state index contributed by atoms with van der Waals surface area (Å²) in [5.41, 5.74) is 3.27. The Morgan fingerprint density at radius 1 is 0.800 bits per heavy atom. The fraction of sp³-hybridized carbons (Fsp3) is 0.667. The first kappa shape index (κ1) is 23.2. The molecule has 0 unspecified atom stereocenters. The van der Waals surface area contributed by atoms with E-state index < -0.39 is 68.0 Å². The van der Waals surface area contributed by atoms with Gasteiger partial charge in [-0.3, -0.25) is 10.3 Å². The summed E-state index contributed by atoms with van der Waals surface area (Å²) in [5, 5.41) is 69.5. The molecule has 12 heteroatoms. The third-order valence-corrected chi connectivity index (χ3v) is 5.01. The zero-order valence-corrected chi connectivity index (χ0v) is 15.8. The van der Waals surface area contributed by atoms with Crippen LogP contribution in [0.4, 0.5) is 5.69 Å². The highest BCUT2D eigenvalue weighted by Crippen LogP contribution is 2.28. The maximum atomic E-state index is 10.2. The van der Waals surface area contributed by atoms with Crippen LogP contribution in [-0.2, 0) is 19.0 Å². The second-order valence-electron chi connectivity index (χ2n) is 7.12. The van der Waals surface area contributed by atoms with Crippen LogP contribution in [0.1, 0.15) is 0 Å². The first-order chi connectivity index (χ1) is 14.3. The maximum absolute atomic E-state index is 10.2. The summed E-state index contributed by atoms with van der Waals surface area (Å²) in [7, 11) is 0. The van der Waals surface area contributed by atoms with Gasteiger partial charge in [0.1, 0.15) is 55.4 Å². The lowest BCUT2D eigenvalue weighted by Crippen LogP contribution is -2.64. The van der Waals surface area contributed by atoms with Crippen molar-refractivity contribution >= 4 is 5.69 Å². The molecule has 2 heterocycles. The Hall–Kier alpha value is -1.42. The molecule has 30 heavy (non-hydrogen) atoms. The average molecular weight is 433 g/mol. The van der Waals surface area contributed by atoms with Gasteiger partial charge in [-0.05, 0) is 12.1 Å². The molecular formula is C18H27NO11. The summed E-state index contributed by atoms with van der Waals surface area (Å²) >= 11 is 0. The molecule has 0 spiro atoms. The van der Waals surface area contributed by atoms with Crippen LogP contribution in [0.3, 0.4) is 0 Å². The topological polar surface area (TPSA) is 191 Å². The molecule has 0 radical (unpaired) electrons. The number of para-hydroxylation sites is 1. The molecule has 0 bridgehead atoms. The van der Waals surface area contributed by atoms with Gasteiger partial charge < -0.3 is 50.0 Å². The summed E-state index contributed by atoms with van der Waals surface area (Å²) in [6, 6.07) is 8.85. The summed E-state index contributed by atoms with van der Waals surface area (Å²) in [6.07, 6.45) is -15.4. The largest absolute Gasteiger partial charge is 0.394 e. The highest BCUT2D eigenvalue weighted by molar-refractivity contribution is 5.39. The highest BCUT2D eigenvalue weighted by atomic mass is 16.7. The van der Waals surface area contributed by atoms with Crippen molar-refractivity contribution in [2.75, 3.05) is 18.7 Å². The average Bonchev–Trinajstić information content (AvgIpc) is 2.75. The van der Waals surface area contributed by atoms with Gasteiger partial charge in [0.25, 0.3) is 0 Å². The predicted molar refractivity (Wildman–Crippen MR) is 97.6 cm³/mol. The van der Waals surface area contributed by atoms with Crippen LogP contribution in [0.5, 0.6) is 0 Å². The fourth-order valence-corrected chi connectivity index (χ4v) is 3.27. The van der Waals surface area contributed by atoms with Crippen molar-refractivity contribution in [3.63, 3.8) is 0 Å². The van der Waals surface area contributed by atoms with Crippen LogP contribution in [0.2, 0.25) is 0 Å². The summed E-state index contributed by atoms with van der Waals surface area (Å²) in [5.74, 6) is 0. The lowest BCUT2D eigenvalue weighted by atomic mass is 9.97. The zero-order chi connectivity index (χ0) is 21.8. The molecule has 12 nitrogen and oxygen atoms in total. The molecule has 0 saturated carbocycles. The van der Waals surface area contributed by atoms with Crippen molar-refractivity contribution in [2.24, 2.45) is 0 Å². The number of aliphatic hydroxyl groups is 7. The van der Waals surface area contributed by atoms with Crippen molar-refractivity contribution in [3.8, 4) is 0 Å². The van der Waals surface area contributed by atoms with E-state index in [1.807, 2.05) is 6.07 Å². The number of hydrogen-bond acceptors (Lipinski definition) is 12. The molecule has 0 amide bonds. The van der Waals surface area contributed by atoms with Crippen LogP contribution in [0, 0.1) is 0 Å². The molecule has 0 aliphatic carbocycles. The zero-order valence-electron chi connectivity index (χ0n) is 15.8. The Morgan fingerprint density at radius 2 is 1.50 bits per heavy atom. The number of rotatable bonds is 7. The number of anilines is 1. The normalized spacial score (nSPS) is 42.1. The third-order valence-electron chi connectivity index (χ3n) is 5.01. The summed E-state index contributed by atoms with van der Waals surface area (Å²) in [4.78, 5) is 5.28. The first-order valence-electron chi connectivity index (χ1n) is 9.42. The highest BCUT2D eigenvalue weighted by Gasteiger charge is 2.50. The molecule has 3 rings (SSSR count). The smallest absolute Gasteiger partial charge is 0.187 e. The SMILES string of the molecule is OC[C@H]1O[C@H](O)[C@H](O)[C@@H](O)[C@@H]1O[C@@H]1O[C@H](CONc2ccccc2)[C@H](O)[C@H](O)[C@H]1O. The molecule has 170 valence electrons. The van der Waals surface area contributed by atoms with Gasteiger partial charge in [0.05, 0.1) is 12.3 Å². The number of benzene rings is 1. The van der Waals surface area contributed by atoms with Gasteiger partial charge in [-0.2, -0.15) is 0 Å². The third kappa shape index (κ3) is 5.07. The van der Waals surface area contributed by atoms with E-state index in [0.717, 1.165) is 0 Å². The molecule has 2 aliphatic heterocycles. The molecule has 8 N–H and O–H groups in total. The van der Waals surface area contributed by atoms with Crippen LogP contribution >= 0.6 is 0 Å². The van der Waals surface area contributed by atoms with Gasteiger partial charge in [-0.1, -0.05) is 18.2 Å². The molecule has 1 aromatic carbocycles. The molecular weight excluding hydrogens is 406 g/mol. The van der Waals surface area contributed by atoms with Crippen molar-refractivity contribution in [1.29, 1.82) is 0 Å². The van der Waals surface area contributed by atoms with Crippen LogP contribution in [0.15, 0.2) is 30.3 Å². The quantitative estimate of drug-likeness (QED) is 0.200. The van der Waals surface area contributed by atoms with E-state index in [-0.39, 0.29) is 6.61 Å². The van der Waals surface area contributed by atoms with Crippen molar-refractivity contribution in [2.45, 2.75) is 61.4 Å². The lowest BCUT2D eigenvalue weighted by Gasteiger charge is -2.45. The number of nitrogens with one attached hydrogen (secondary N) is 1. The van der Waals surface area contributed by atoms with Gasteiger partial charge in [-0.15, -0.1) is 0 Å². The van der Waals surface area contributed by atoms with Crippen molar-refractivity contribution < 1.29 is 54.8 Å². The van der Waals surface area contributed by atoms with Crippen LogP contribution in [-0.4, -0.2) is 110 Å². The second kappa shape index (κ2) is 10.3. The Kier molecular flexibility index (Phi) is 7.95. The second-order valence-corrected chi connectivity index (χ2v) is 7.12. The fourth-order valence-electron chi connectivity index (χ4n) is 3.27. The number of aliphatic hydroxyl groups excluding tert-OH is 7. The van der Waals surface area contributed by atoms with Crippen molar-refractivity contribution in [1.82, 2.24) is 0 Å². The van der Waals surface area contributed by atoms with Crippen molar-refractivity contribution in [3.05, 3.63) is 30.3 Å². The van der Waals surface area contributed by atoms with E-state index in [2.05, 4.69) is 5.48 Å². The van der Waals surface area contributed by atoms with E-state index >= 15 is 0 Å². The summed E-state index contributed by atoms with van der Waals surface area (Å²) in [6.45, 7) is -0.915. The van der Waals surface area contributed by atoms with E-state index in [1.54, 1.807) is 24.3 Å². The van der Waals surface area contributed by atoms with Gasteiger partial charge >= 0.3 is 0 Å². The van der Waals surface area contributed by atoms with E-state index in [4.69, 9.17) is 19.0 Å². The van der Waals surface area contributed by atoms with Gasteiger partial charge in [0, 0.05) is 0 Å². The minimum atomic E-state index is -1.74. The lowest BCUT2D eigenvalue weighted by molar-refractivity contribution is -0.355. The molecule has 2 aliphatic rings. The minimum Gasteiger partial charge on any atom is -0.394 e. The molecule has 0 aromatic heterocycles. The van der Waals surface area contributed by atoms with Crippen LogP contribution < -0.4 is 5.48 Å². The first-order valence-corrected chi connectivity index (χ1v) is 9.42. The van der Waals surface area contributed by atoms with E-state index in [9.17, 15) is 35.7 Å². The Morgan fingerprint density at radius 3 is 2.17 bits per heavy atom. The summed E-state index contributed by atoms with van der Waals surface area (Å²) < 4.78 is 15.9. The van der Waals surface area contributed by atoms with Gasteiger partial charge in [-0.25, -0.2) is 0 Å². The number of ether oxygens (including phenoxy) is 3. The van der Waals surface area contributed by atoms with Gasteiger partial charge in [0.2, 0.25) is 0 Å². The Labute approximate surface area is 171 Å². The molecule has 2 fully saturated rings. The molecule has 1 aromatic rings. The Bertz CT molecular complexity index is 650. The van der Waals surface area contributed by atoms with E-state index in [0.29, 0.717) is 5.69 Å². The number of hydrogen-bond donors (Lipinski definition) is 8. The molecule has 2 saturated heterocycles. The predicted octanol–water partition coefficient (Wildman–Crippen LogP) is -3.35. The standard InChI is InChI=1S/C18H27NO11/c20-6-9-16(13(23)14(24)17(26)28-9)30-18-15(25)12(22)11(21)10(29-18)7-27-19-8-4-2-1-3-5-8/h1-5,9-26H,6-7H2/t9-,10-,11+,12+,13-,14-,15-,16-,17+,18+/m1/s1. The van der Waals surface area contributed by atoms with Gasteiger partial charge in [0.15, 0.2) is 12.6 Å². The van der Waals surface area contributed by atoms with E-state index in [1.165, 1.54) is 0 Å².